The number of ether oxygens (including phenoxy) is 4. The smallest absolute Gasteiger partial charge is 0.276 e. The Morgan fingerprint density at radius 1 is 0.913 bits per heavy atom. The van der Waals surface area contributed by atoms with Crippen LogP contribution in [-0.4, -0.2) is 44.5 Å². The summed E-state index contributed by atoms with van der Waals surface area (Å²) < 4.78 is 20.6. The maximum Gasteiger partial charge on any atom is 0.276 e. The lowest BCUT2D eigenvalue weighted by Gasteiger charge is -2.14. The van der Waals surface area contributed by atoms with Crippen molar-refractivity contribution in [1.29, 1.82) is 0 Å². The largest absolute Gasteiger partial charge is 0.493 e. The standard InChI is InChI=1S/C15H17N3O5/c1-20-11-7-9(8-12(21-2)14(11)23-4)16-15(19)10-5-6-13(22-3)18-17-10/h5-8H,1-4H3,(H,16,19). The Bertz CT molecular complexity index is 663. The average Bonchev–Trinajstić information content (AvgIpc) is 2.60. The van der Waals surface area contributed by atoms with Gasteiger partial charge in [-0.05, 0) is 6.07 Å². The number of carbonyl (C=O) groups is 1. The van der Waals surface area contributed by atoms with Crippen molar-refractivity contribution >= 4 is 11.6 Å². The minimum absolute atomic E-state index is 0.152. The average molecular weight is 319 g/mol. The Kier molecular flexibility index (Phi) is 5.19. The van der Waals surface area contributed by atoms with Crippen molar-refractivity contribution in [2.24, 2.45) is 0 Å². The lowest BCUT2D eigenvalue weighted by atomic mass is 10.2. The van der Waals surface area contributed by atoms with E-state index in [2.05, 4.69) is 15.5 Å². The number of anilines is 1. The van der Waals surface area contributed by atoms with Gasteiger partial charge in [0.1, 0.15) is 0 Å². The molecule has 122 valence electrons. The molecular weight excluding hydrogens is 302 g/mol. The monoisotopic (exact) mass is 319 g/mol. The first-order valence-electron chi connectivity index (χ1n) is 6.62. The number of methoxy groups -OCH3 is 4. The third-order valence-electron chi connectivity index (χ3n) is 3.00. The molecule has 1 N–H and O–H groups in total. The van der Waals surface area contributed by atoms with Crippen molar-refractivity contribution < 1.29 is 23.7 Å². The molecule has 0 aliphatic rings. The first-order chi connectivity index (χ1) is 11.1. The van der Waals surface area contributed by atoms with Crippen LogP contribution >= 0.6 is 0 Å². The van der Waals surface area contributed by atoms with Crippen LogP contribution in [0.3, 0.4) is 0 Å². The molecule has 8 nitrogen and oxygen atoms in total. The van der Waals surface area contributed by atoms with Crippen molar-refractivity contribution in [3.63, 3.8) is 0 Å². The van der Waals surface area contributed by atoms with Crippen LogP contribution in [-0.2, 0) is 0 Å². The van der Waals surface area contributed by atoms with Crippen molar-refractivity contribution in [3.8, 4) is 23.1 Å². The lowest BCUT2D eigenvalue weighted by Crippen LogP contribution is -2.14. The van der Waals surface area contributed by atoms with Crippen molar-refractivity contribution in [3.05, 3.63) is 30.0 Å². The van der Waals surface area contributed by atoms with Gasteiger partial charge in [-0.2, -0.15) is 0 Å². The first-order valence-corrected chi connectivity index (χ1v) is 6.62. The number of aromatic nitrogens is 2. The normalized spacial score (nSPS) is 9.91. The molecule has 0 saturated heterocycles. The second kappa shape index (κ2) is 7.30. The summed E-state index contributed by atoms with van der Waals surface area (Å²) in [5, 5.41) is 10.2. The number of hydrogen-bond donors (Lipinski definition) is 1. The summed E-state index contributed by atoms with van der Waals surface area (Å²) in [6, 6.07) is 6.31. The van der Waals surface area contributed by atoms with Crippen LogP contribution in [0.1, 0.15) is 10.5 Å². The van der Waals surface area contributed by atoms with Crippen LogP contribution in [0.5, 0.6) is 23.1 Å². The molecule has 0 unspecified atom stereocenters. The number of amides is 1. The number of rotatable bonds is 6. The highest BCUT2D eigenvalue weighted by Gasteiger charge is 2.15. The van der Waals surface area contributed by atoms with Gasteiger partial charge in [-0.25, -0.2) is 0 Å². The molecule has 0 aliphatic carbocycles. The molecule has 1 aromatic carbocycles. The van der Waals surface area contributed by atoms with Crippen LogP contribution in [0.4, 0.5) is 5.69 Å². The minimum atomic E-state index is -0.422. The Hall–Kier alpha value is -3.03. The molecule has 23 heavy (non-hydrogen) atoms. The van der Waals surface area contributed by atoms with Crippen LogP contribution in [0.15, 0.2) is 24.3 Å². The predicted molar refractivity (Wildman–Crippen MR) is 82.6 cm³/mol. The Balaban J connectivity index is 2.26. The number of nitrogens with one attached hydrogen (secondary N) is 1. The zero-order chi connectivity index (χ0) is 16.8. The summed E-state index contributed by atoms with van der Waals surface area (Å²) in [7, 11) is 5.97. The molecule has 0 spiro atoms. The molecule has 0 radical (unpaired) electrons. The van der Waals surface area contributed by atoms with Gasteiger partial charge in [0.25, 0.3) is 5.91 Å². The van der Waals surface area contributed by atoms with E-state index in [9.17, 15) is 4.79 Å². The minimum Gasteiger partial charge on any atom is -0.493 e. The molecule has 2 aromatic rings. The first kappa shape index (κ1) is 16.3. The SMILES string of the molecule is COc1ccc(C(=O)Nc2cc(OC)c(OC)c(OC)c2)nn1. The second-order valence-electron chi connectivity index (χ2n) is 4.33. The number of carbonyl (C=O) groups excluding carboxylic acids is 1. The topological polar surface area (TPSA) is 91.8 Å². The van der Waals surface area contributed by atoms with Gasteiger partial charge in [-0.3, -0.25) is 4.79 Å². The molecule has 0 aliphatic heterocycles. The van der Waals surface area contributed by atoms with E-state index in [1.807, 2.05) is 0 Å². The van der Waals surface area contributed by atoms with E-state index in [1.165, 1.54) is 34.5 Å². The third kappa shape index (κ3) is 3.60. The molecule has 0 saturated carbocycles. The molecule has 8 heteroatoms. The number of hydrogen-bond acceptors (Lipinski definition) is 7. The van der Waals surface area contributed by atoms with E-state index in [0.29, 0.717) is 28.8 Å². The summed E-state index contributed by atoms with van der Waals surface area (Å²) in [6.45, 7) is 0. The van der Waals surface area contributed by atoms with Crippen LogP contribution in [0.25, 0.3) is 0 Å². The Labute approximate surface area is 133 Å². The van der Waals surface area contributed by atoms with Gasteiger partial charge in [-0.15, -0.1) is 10.2 Å². The summed E-state index contributed by atoms with van der Waals surface area (Å²) in [5.74, 6) is 1.21. The van der Waals surface area contributed by atoms with E-state index in [4.69, 9.17) is 18.9 Å². The number of nitrogens with zero attached hydrogens (tertiary/aromatic N) is 2. The number of benzene rings is 1. The van der Waals surface area contributed by atoms with Gasteiger partial charge >= 0.3 is 0 Å². The molecule has 1 heterocycles. The maximum absolute atomic E-state index is 12.2. The fourth-order valence-corrected chi connectivity index (χ4v) is 1.90. The van der Waals surface area contributed by atoms with Gasteiger partial charge in [-0.1, -0.05) is 0 Å². The van der Waals surface area contributed by atoms with Gasteiger partial charge in [0.2, 0.25) is 11.6 Å². The van der Waals surface area contributed by atoms with Gasteiger partial charge in [0.05, 0.1) is 28.4 Å². The van der Waals surface area contributed by atoms with E-state index in [-0.39, 0.29) is 5.69 Å². The molecule has 2 rings (SSSR count). The van der Waals surface area contributed by atoms with Crippen LogP contribution < -0.4 is 24.3 Å². The molecule has 1 amide bonds. The van der Waals surface area contributed by atoms with Crippen molar-refractivity contribution in [2.45, 2.75) is 0 Å². The fraction of sp³-hybridized carbons (Fsp3) is 0.267. The summed E-state index contributed by atoms with van der Waals surface area (Å²) in [6.07, 6.45) is 0. The van der Waals surface area contributed by atoms with Gasteiger partial charge in [0.15, 0.2) is 17.2 Å². The highest BCUT2D eigenvalue weighted by molar-refractivity contribution is 6.03. The van der Waals surface area contributed by atoms with Gasteiger partial charge < -0.3 is 24.3 Å². The Morgan fingerprint density at radius 3 is 2.00 bits per heavy atom. The maximum atomic E-state index is 12.2. The summed E-state index contributed by atoms with van der Waals surface area (Å²) >= 11 is 0. The third-order valence-corrected chi connectivity index (χ3v) is 3.00. The summed E-state index contributed by atoms with van der Waals surface area (Å²) in [5.41, 5.74) is 0.627. The Morgan fingerprint density at radius 2 is 1.57 bits per heavy atom. The van der Waals surface area contributed by atoms with E-state index < -0.39 is 5.91 Å². The lowest BCUT2D eigenvalue weighted by molar-refractivity contribution is 0.102. The molecular formula is C15H17N3O5. The van der Waals surface area contributed by atoms with Crippen molar-refractivity contribution in [1.82, 2.24) is 10.2 Å². The van der Waals surface area contributed by atoms with Crippen LogP contribution in [0.2, 0.25) is 0 Å². The summed E-state index contributed by atoms with van der Waals surface area (Å²) in [4.78, 5) is 12.2. The zero-order valence-electron chi connectivity index (χ0n) is 13.2. The van der Waals surface area contributed by atoms with E-state index >= 15 is 0 Å². The molecule has 0 bridgehead atoms. The van der Waals surface area contributed by atoms with E-state index in [1.54, 1.807) is 18.2 Å². The van der Waals surface area contributed by atoms with Crippen molar-refractivity contribution in [2.75, 3.05) is 33.8 Å². The zero-order valence-corrected chi connectivity index (χ0v) is 13.2. The fourth-order valence-electron chi connectivity index (χ4n) is 1.90. The second-order valence-corrected chi connectivity index (χ2v) is 4.33. The van der Waals surface area contributed by atoms with Gasteiger partial charge in [0, 0.05) is 23.9 Å². The molecule has 1 aromatic heterocycles. The predicted octanol–water partition coefficient (Wildman–Crippen LogP) is 1.76. The molecule has 0 fully saturated rings. The highest BCUT2D eigenvalue weighted by atomic mass is 16.5. The van der Waals surface area contributed by atoms with Crippen LogP contribution in [0, 0.1) is 0 Å². The highest BCUT2D eigenvalue weighted by Crippen LogP contribution is 2.39. The quantitative estimate of drug-likeness (QED) is 0.867. The van der Waals surface area contributed by atoms with E-state index in [0.717, 1.165) is 0 Å². The molecule has 0 atom stereocenters.